The van der Waals surface area contributed by atoms with Crippen LogP contribution in [0.2, 0.25) is 0 Å². The average molecular weight is 394 g/mol. The first-order valence-corrected chi connectivity index (χ1v) is 11.1. The van der Waals surface area contributed by atoms with Gasteiger partial charge in [-0.3, -0.25) is 9.69 Å². The first-order chi connectivity index (χ1) is 13.0. The van der Waals surface area contributed by atoms with Crippen molar-refractivity contribution < 1.29 is 14.7 Å². The van der Waals surface area contributed by atoms with Gasteiger partial charge in [0.05, 0.1) is 10.7 Å². The molecular weight excluding hydrogens is 362 g/mol. The second kappa shape index (κ2) is 9.64. The number of carboxylic acid groups (broad SMARTS) is 1. The molecule has 0 radical (unpaired) electrons. The van der Waals surface area contributed by atoms with Gasteiger partial charge in [-0.25, -0.2) is 9.78 Å². The molecule has 1 aromatic rings. The molecule has 2 N–H and O–H groups in total. The minimum Gasteiger partial charge on any atom is -0.480 e. The molecule has 3 rings (SSSR count). The summed E-state index contributed by atoms with van der Waals surface area (Å²) < 4.78 is 0. The second-order valence-corrected chi connectivity index (χ2v) is 9.11. The molecule has 0 bridgehead atoms. The number of carbonyl (C=O) groups excluding carboxylic acids is 1. The molecule has 0 aromatic carbocycles. The highest BCUT2D eigenvalue weighted by molar-refractivity contribution is 7.09. The van der Waals surface area contributed by atoms with Crippen molar-refractivity contribution >= 4 is 23.2 Å². The van der Waals surface area contributed by atoms with Crippen LogP contribution in [-0.2, 0) is 16.1 Å². The molecule has 1 unspecified atom stereocenters. The summed E-state index contributed by atoms with van der Waals surface area (Å²) in [6.45, 7) is 4.55. The van der Waals surface area contributed by atoms with Crippen LogP contribution in [0.3, 0.4) is 0 Å². The lowest BCUT2D eigenvalue weighted by molar-refractivity contribution is -0.143. The summed E-state index contributed by atoms with van der Waals surface area (Å²) in [5, 5.41) is 15.5. The third kappa shape index (κ3) is 6.01. The number of rotatable bonds is 7. The highest BCUT2D eigenvalue weighted by Crippen LogP contribution is 2.28. The Morgan fingerprint density at radius 3 is 2.56 bits per heavy atom. The Morgan fingerprint density at radius 1 is 1.26 bits per heavy atom. The Morgan fingerprint density at radius 2 is 1.96 bits per heavy atom. The van der Waals surface area contributed by atoms with Gasteiger partial charge in [-0.05, 0) is 45.2 Å². The molecule has 1 amide bonds. The number of carbonyl (C=O) groups is 2. The van der Waals surface area contributed by atoms with Gasteiger partial charge in [-0.1, -0.05) is 32.1 Å². The number of amides is 1. The molecule has 2 aliphatic rings. The summed E-state index contributed by atoms with van der Waals surface area (Å²) in [6.07, 6.45) is 7.93. The normalized spacial score (nSPS) is 21.1. The van der Waals surface area contributed by atoms with Crippen molar-refractivity contribution in [2.45, 2.75) is 70.9 Å². The highest BCUT2D eigenvalue weighted by atomic mass is 32.1. The summed E-state index contributed by atoms with van der Waals surface area (Å²) in [5.74, 6) is -0.622. The van der Waals surface area contributed by atoms with E-state index in [0.29, 0.717) is 12.3 Å². The first-order valence-electron chi connectivity index (χ1n) is 10.2. The van der Waals surface area contributed by atoms with E-state index in [4.69, 9.17) is 0 Å². The lowest BCUT2D eigenvalue weighted by Gasteiger charge is -2.32. The van der Waals surface area contributed by atoms with Gasteiger partial charge in [-0.15, -0.1) is 11.3 Å². The monoisotopic (exact) mass is 393 g/mol. The molecule has 1 atom stereocenters. The number of likely N-dealkylation sites (tertiary alicyclic amines) is 1. The van der Waals surface area contributed by atoms with E-state index in [0.717, 1.165) is 56.0 Å². The van der Waals surface area contributed by atoms with Gasteiger partial charge in [0.1, 0.15) is 6.04 Å². The standard InChI is InChI=1S/C20H31N3O3S/c1-14-21-17(13-27-14)12-23-9-7-16(8-10-23)19(24)22-18(20(25)26)11-15-5-3-2-4-6-15/h13,15-16,18H,2-12H2,1H3,(H,22,24)(H,25,26). The van der Waals surface area contributed by atoms with Gasteiger partial charge in [0.25, 0.3) is 0 Å². The molecule has 27 heavy (non-hydrogen) atoms. The van der Waals surface area contributed by atoms with Crippen LogP contribution >= 0.6 is 11.3 Å². The molecule has 150 valence electrons. The molecule has 1 aromatic heterocycles. The van der Waals surface area contributed by atoms with E-state index in [-0.39, 0.29) is 11.8 Å². The van der Waals surface area contributed by atoms with E-state index in [9.17, 15) is 14.7 Å². The van der Waals surface area contributed by atoms with E-state index in [2.05, 4.69) is 20.6 Å². The fourth-order valence-corrected chi connectivity index (χ4v) is 4.93. The second-order valence-electron chi connectivity index (χ2n) is 8.05. The number of nitrogens with one attached hydrogen (secondary N) is 1. The third-order valence-corrected chi connectivity index (χ3v) is 6.74. The maximum absolute atomic E-state index is 12.6. The van der Waals surface area contributed by atoms with Crippen LogP contribution in [0.15, 0.2) is 5.38 Å². The van der Waals surface area contributed by atoms with Gasteiger partial charge in [0.15, 0.2) is 0 Å². The lowest BCUT2D eigenvalue weighted by atomic mass is 9.84. The number of piperidine rings is 1. The van der Waals surface area contributed by atoms with Gasteiger partial charge >= 0.3 is 5.97 Å². The molecule has 2 fully saturated rings. The Bertz CT molecular complexity index is 634. The predicted molar refractivity (Wildman–Crippen MR) is 106 cm³/mol. The minimum atomic E-state index is -0.898. The van der Waals surface area contributed by atoms with Crippen LogP contribution in [0.25, 0.3) is 0 Å². The zero-order valence-electron chi connectivity index (χ0n) is 16.2. The van der Waals surface area contributed by atoms with Crippen molar-refractivity contribution in [1.29, 1.82) is 0 Å². The molecule has 2 heterocycles. The van der Waals surface area contributed by atoms with Gasteiger partial charge < -0.3 is 10.4 Å². The summed E-state index contributed by atoms with van der Waals surface area (Å²) in [6, 6.07) is -0.739. The van der Waals surface area contributed by atoms with Crippen LogP contribution in [0.5, 0.6) is 0 Å². The largest absolute Gasteiger partial charge is 0.480 e. The van der Waals surface area contributed by atoms with Crippen molar-refractivity contribution in [2.24, 2.45) is 11.8 Å². The van der Waals surface area contributed by atoms with Crippen molar-refractivity contribution in [3.8, 4) is 0 Å². The zero-order valence-corrected chi connectivity index (χ0v) is 17.0. The van der Waals surface area contributed by atoms with Crippen molar-refractivity contribution in [3.05, 3.63) is 16.1 Å². The van der Waals surface area contributed by atoms with Crippen molar-refractivity contribution in [1.82, 2.24) is 15.2 Å². The highest BCUT2D eigenvalue weighted by Gasteiger charge is 2.30. The number of nitrogens with zero attached hydrogens (tertiary/aromatic N) is 2. The van der Waals surface area contributed by atoms with E-state index in [1.54, 1.807) is 11.3 Å². The molecule has 6 nitrogen and oxygen atoms in total. The Hall–Kier alpha value is -1.47. The van der Waals surface area contributed by atoms with Crippen molar-refractivity contribution in [2.75, 3.05) is 13.1 Å². The quantitative estimate of drug-likeness (QED) is 0.743. The first kappa shape index (κ1) is 20.3. The molecular formula is C20H31N3O3S. The maximum atomic E-state index is 12.6. The molecule has 1 aliphatic heterocycles. The van der Waals surface area contributed by atoms with Gasteiger partial charge in [0, 0.05) is 17.8 Å². The number of hydrogen-bond donors (Lipinski definition) is 2. The third-order valence-electron chi connectivity index (χ3n) is 5.92. The van der Waals surface area contributed by atoms with Crippen LogP contribution in [0.1, 0.15) is 62.1 Å². The molecule has 1 aliphatic carbocycles. The Kier molecular flexibility index (Phi) is 7.24. The molecule has 1 saturated carbocycles. The smallest absolute Gasteiger partial charge is 0.326 e. The summed E-state index contributed by atoms with van der Waals surface area (Å²) in [7, 11) is 0. The number of aromatic nitrogens is 1. The molecule has 1 saturated heterocycles. The number of thiazole rings is 1. The topological polar surface area (TPSA) is 82.5 Å². The minimum absolute atomic E-state index is 0.0772. The maximum Gasteiger partial charge on any atom is 0.326 e. The van der Waals surface area contributed by atoms with Crippen molar-refractivity contribution in [3.63, 3.8) is 0 Å². The number of hydrogen-bond acceptors (Lipinski definition) is 5. The van der Waals surface area contributed by atoms with Crippen LogP contribution in [-0.4, -0.2) is 46.0 Å². The summed E-state index contributed by atoms with van der Waals surface area (Å²) in [4.78, 5) is 31.1. The van der Waals surface area contributed by atoms with E-state index in [1.807, 2.05) is 6.92 Å². The molecule has 0 spiro atoms. The Labute approximate surface area is 165 Å². The number of aliphatic carboxylic acids is 1. The van der Waals surface area contributed by atoms with Gasteiger partial charge in [-0.2, -0.15) is 0 Å². The average Bonchev–Trinajstić information content (AvgIpc) is 3.07. The van der Waals surface area contributed by atoms with E-state index in [1.165, 1.54) is 19.3 Å². The number of aryl methyl sites for hydroxylation is 1. The zero-order chi connectivity index (χ0) is 19.2. The van der Waals surface area contributed by atoms with Crippen LogP contribution in [0.4, 0.5) is 0 Å². The fraction of sp³-hybridized carbons (Fsp3) is 0.750. The van der Waals surface area contributed by atoms with Crippen LogP contribution in [0, 0.1) is 18.8 Å². The number of carboxylic acids is 1. The van der Waals surface area contributed by atoms with Gasteiger partial charge in [0.2, 0.25) is 5.91 Å². The molecule has 7 heteroatoms. The lowest BCUT2D eigenvalue weighted by Crippen LogP contribution is -2.47. The van der Waals surface area contributed by atoms with E-state index < -0.39 is 12.0 Å². The van der Waals surface area contributed by atoms with E-state index >= 15 is 0 Å². The SMILES string of the molecule is Cc1nc(CN2CCC(C(=O)NC(CC3CCCCC3)C(=O)O)CC2)cs1. The summed E-state index contributed by atoms with van der Waals surface area (Å²) >= 11 is 1.66. The fourth-order valence-electron chi connectivity index (χ4n) is 4.33. The van der Waals surface area contributed by atoms with Crippen LogP contribution < -0.4 is 5.32 Å². The Balaban J connectivity index is 1.45. The predicted octanol–water partition coefficient (Wildman–Crippen LogP) is 3.20. The summed E-state index contributed by atoms with van der Waals surface area (Å²) in [5.41, 5.74) is 1.10.